The van der Waals surface area contributed by atoms with Crippen LogP contribution < -0.4 is 0 Å². The number of carbonyl (C=O) groups is 1. The highest BCUT2D eigenvalue weighted by molar-refractivity contribution is 7.99. The molecule has 0 N–H and O–H groups in total. The van der Waals surface area contributed by atoms with E-state index in [1.807, 2.05) is 18.7 Å². The van der Waals surface area contributed by atoms with Crippen LogP contribution in [0.25, 0.3) is 11.1 Å². The van der Waals surface area contributed by atoms with Crippen LogP contribution >= 0.6 is 23.4 Å². The Morgan fingerprint density at radius 2 is 2.15 bits per heavy atom. The number of aromatic nitrogens is 1. The Bertz CT molecular complexity index is 596. The molecule has 6 heteroatoms. The molecule has 1 aromatic heterocycles. The number of benzene rings is 1. The van der Waals surface area contributed by atoms with E-state index in [4.69, 9.17) is 16.0 Å². The average Bonchev–Trinajstić information content (AvgIpc) is 2.82. The van der Waals surface area contributed by atoms with E-state index < -0.39 is 0 Å². The molecule has 0 atom stereocenters. The first-order valence-electron chi connectivity index (χ1n) is 6.60. The lowest BCUT2D eigenvalue weighted by Crippen LogP contribution is -2.30. The van der Waals surface area contributed by atoms with Gasteiger partial charge in [0.2, 0.25) is 5.91 Å². The van der Waals surface area contributed by atoms with Crippen LogP contribution in [0.15, 0.2) is 27.8 Å². The molecule has 108 valence electrons. The van der Waals surface area contributed by atoms with E-state index in [-0.39, 0.29) is 5.91 Å². The van der Waals surface area contributed by atoms with Crippen LogP contribution in [0, 0.1) is 0 Å². The van der Waals surface area contributed by atoms with Crippen molar-refractivity contribution in [1.29, 1.82) is 0 Å². The second-order valence-electron chi connectivity index (χ2n) is 4.26. The Hall–Kier alpha value is -1.20. The molecule has 0 unspecified atom stereocenters. The molecular formula is C14H17ClN2O2S. The zero-order chi connectivity index (χ0) is 14.5. The van der Waals surface area contributed by atoms with E-state index in [0.29, 0.717) is 28.0 Å². The van der Waals surface area contributed by atoms with Crippen molar-refractivity contribution < 1.29 is 9.21 Å². The fourth-order valence-electron chi connectivity index (χ4n) is 1.90. The summed E-state index contributed by atoms with van der Waals surface area (Å²) in [6, 6.07) is 5.34. The van der Waals surface area contributed by atoms with Crippen molar-refractivity contribution in [2.75, 3.05) is 18.8 Å². The number of hydrogen-bond acceptors (Lipinski definition) is 4. The molecule has 1 aromatic carbocycles. The molecule has 0 saturated heterocycles. The second kappa shape index (κ2) is 6.99. The fraction of sp³-hybridized carbons (Fsp3) is 0.429. The number of carbonyl (C=O) groups excluding carboxylic acids is 1. The summed E-state index contributed by atoms with van der Waals surface area (Å²) < 4.78 is 5.59. The van der Waals surface area contributed by atoms with Crippen molar-refractivity contribution in [3.8, 4) is 0 Å². The summed E-state index contributed by atoms with van der Waals surface area (Å²) in [5.74, 6) is 0.831. The first kappa shape index (κ1) is 15.2. The van der Waals surface area contributed by atoms with Gasteiger partial charge in [-0.05, 0) is 32.0 Å². The fourth-order valence-corrected chi connectivity index (χ4v) is 2.83. The van der Waals surface area contributed by atoms with Gasteiger partial charge in [0.05, 0.1) is 0 Å². The highest BCUT2D eigenvalue weighted by atomic mass is 35.5. The minimum atomic E-state index is 0.168. The Balaban J connectivity index is 1.91. The van der Waals surface area contributed by atoms with Crippen molar-refractivity contribution in [1.82, 2.24) is 9.88 Å². The Kier molecular flexibility index (Phi) is 5.31. The van der Waals surface area contributed by atoms with Crippen molar-refractivity contribution in [2.45, 2.75) is 25.5 Å². The van der Waals surface area contributed by atoms with Crippen LogP contribution in [-0.4, -0.2) is 34.6 Å². The summed E-state index contributed by atoms with van der Waals surface area (Å²) >= 11 is 7.35. The smallest absolute Gasteiger partial charge is 0.256 e. The molecule has 0 aliphatic rings. The lowest BCUT2D eigenvalue weighted by molar-refractivity contribution is -0.130. The van der Waals surface area contributed by atoms with E-state index in [9.17, 15) is 4.79 Å². The maximum absolute atomic E-state index is 11.9. The van der Waals surface area contributed by atoms with Crippen molar-refractivity contribution in [3.63, 3.8) is 0 Å². The third-order valence-electron chi connectivity index (χ3n) is 2.99. The number of halogens is 1. The molecule has 0 aliphatic heterocycles. The number of oxazole rings is 1. The molecule has 0 bridgehead atoms. The molecule has 2 aromatic rings. The molecule has 1 heterocycles. The number of rotatable bonds is 6. The highest BCUT2D eigenvalue weighted by Gasteiger charge is 2.11. The SMILES string of the molecule is CCN(CC)C(=O)CCSc1nc2cc(Cl)ccc2o1. The zero-order valence-electron chi connectivity index (χ0n) is 11.6. The van der Waals surface area contributed by atoms with Crippen molar-refractivity contribution in [2.24, 2.45) is 0 Å². The molecular weight excluding hydrogens is 296 g/mol. The standard InChI is InChI=1S/C14H17ClN2O2S/c1-3-17(4-2)13(18)7-8-20-14-16-11-9-10(15)5-6-12(11)19-14/h5-6,9H,3-4,7-8H2,1-2H3. The topological polar surface area (TPSA) is 46.3 Å². The quantitative estimate of drug-likeness (QED) is 0.760. The maximum Gasteiger partial charge on any atom is 0.256 e. The number of thioether (sulfide) groups is 1. The molecule has 1 amide bonds. The lowest BCUT2D eigenvalue weighted by Gasteiger charge is -2.17. The zero-order valence-corrected chi connectivity index (χ0v) is 13.1. The summed E-state index contributed by atoms with van der Waals surface area (Å²) in [5, 5.41) is 1.22. The van der Waals surface area contributed by atoms with Crippen LogP contribution in [0.3, 0.4) is 0 Å². The normalized spacial score (nSPS) is 10.9. The van der Waals surface area contributed by atoms with Gasteiger partial charge in [0.1, 0.15) is 5.52 Å². The van der Waals surface area contributed by atoms with E-state index in [2.05, 4.69) is 4.98 Å². The number of hydrogen-bond donors (Lipinski definition) is 0. The largest absolute Gasteiger partial charge is 0.431 e. The minimum Gasteiger partial charge on any atom is -0.431 e. The van der Waals surface area contributed by atoms with Gasteiger partial charge in [-0.25, -0.2) is 4.98 Å². The van der Waals surface area contributed by atoms with Gasteiger partial charge in [-0.3, -0.25) is 4.79 Å². The van der Waals surface area contributed by atoms with Gasteiger partial charge in [-0.1, -0.05) is 23.4 Å². The van der Waals surface area contributed by atoms with E-state index in [1.54, 1.807) is 18.2 Å². The minimum absolute atomic E-state index is 0.168. The predicted octanol–water partition coefficient (Wildman–Crippen LogP) is 3.83. The molecule has 4 nitrogen and oxygen atoms in total. The molecule has 0 aliphatic carbocycles. The van der Waals surface area contributed by atoms with E-state index >= 15 is 0 Å². The molecule has 0 radical (unpaired) electrons. The van der Waals surface area contributed by atoms with Crippen LogP contribution in [0.5, 0.6) is 0 Å². The van der Waals surface area contributed by atoms with Crippen LogP contribution in [0.2, 0.25) is 5.02 Å². The van der Waals surface area contributed by atoms with Gasteiger partial charge in [-0.2, -0.15) is 0 Å². The summed E-state index contributed by atoms with van der Waals surface area (Å²) in [7, 11) is 0. The van der Waals surface area contributed by atoms with Crippen molar-refractivity contribution >= 4 is 40.4 Å². The Labute approximate surface area is 127 Å². The molecule has 0 fully saturated rings. The van der Waals surface area contributed by atoms with Crippen LogP contribution in [0.1, 0.15) is 20.3 Å². The van der Waals surface area contributed by atoms with Crippen molar-refractivity contribution in [3.05, 3.63) is 23.2 Å². The Morgan fingerprint density at radius 1 is 1.40 bits per heavy atom. The Morgan fingerprint density at radius 3 is 2.85 bits per heavy atom. The molecule has 0 spiro atoms. The summed E-state index contributed by atoms with van der Waals surface area (Å²) in [5.41, 5.74) is 1.46. The average molecular weight is 313 g/mol. The van der Waals surface area contributed by atoms with Gasteiger partial charge < -0.3 is 9.32 Å². The summed E-state index contributed by atoms with van der Waals surface area (Å²) in [4.78, 5) is 18.0. The third-order valence-corrected chi connectivity index (χ3v) is 4.05. The monoisotopic (exact) mass is 312 g/mol. The summed E-state index contributed by atoms with van der Waals surface area (Å²) in [6.45, 7) is 5.47. The number of amides is 1. The van der Waals surface area contributed by atoms with Crippen LogP contribution in [0.4, 0.5) is 0 Å². The van der Waals surface area contributed by atoms with Gasteiger partial charge in [0.15, 0.2) is 5.58 Å². The van der Waals surface area contributed by atoms with Gasteiger partial charge in [0, 0.05) is 30.3 Å². The first-order chi connectivity index (χ1) is 9.63. The third kappa shape index (κ3) is 3.67. The second-order valence-corrected chi connectivity index (χ2v) is 5.74. The highest BCUT2D eigenvalue weighted by Crippen LogP contribution is 2.25. The van der Waals surface area contributed by atoms with Gasteiger partial charge in [0.25, 0.3) is 5.22 Å². The predicted molar refractivity (Wildman–Crippen MR) is 82.3 cm³/mol. The lowest BCUT2D eigenvalue weighted by atomic mass is 10.3. The van der Waals surface area contributed by atoms with Gasteiger partial charge in [-0.15, -0.1) is 0 Å². The van der Waals surface area contributed by atoms with Crippen LogP contribution in [-0.2, 0) is 4.79 Å². The van der Waals surface area contributed by atoms with Gasteiger partial charge >= 0.3 is 0 Å². The summed E-state index contributed by atoms with van der Waals surface area (Å²) in [6.07, 6.45) is 0.492. The maximum atomic E-state index is 11.9. The first-order valence-corrected chi connectivity index (χ1v) is 7.97. The van der Waals surface area contributed by atoms with E-state index in [1.165, 1.54) is 11.8 Å². The molecule has 2 rings (SSSR count). The number of nitrogens with zero attached hydrogens (tertiary/aromatic N) is 2. The number of fused-ring (bicyclic) bond motifs is 1. The van der Waals surface area contributed by atoms with E-state index in [0.717, 1.165) is 18.6 Å². The molecule has 20 heavy (non-hydrogen) atoms. The molecule has 0 saturated carbocycles.